The molecule has 4 rings (SSSR count). The highest BCUT2D eigenvalue weighted by Gasteiger charge is 2.18. The van der Waals surface area contributed by atoms with Crippen molar-refractivity contribution in [1.82, 2.24) is 19.7 Å². The molecule has 30 heavy (non-hydrogen) atoms. The summed E-state index contributed by atoms with van der Waals surface area (Å²) in [5.74, 6) is 0.636. The molecule has 0 unspecified atom stereocenters. The van der Waals surface area contributed by atoms with Crippen molar-refractivity contribution in [3.63, 3.8) is 0 Å². The van der Waals surface area contributed by atoms with Crippen molar-refractivity contribution in [2.45, 2.75) is 5.16 Å². The fourth-order valence-electron chi connectivity index (χ4n) is 2.73. The van der Waals surface area contributed by atoms with Gasteiger partial charge < -0.3 is 0 Å². The van der Waals surface area contributed by atoms with E-state index in [1.807, 2.05) is 34.9 Å². The molecule has 0 spiro atoms. The average molecular weight is 476 g/mol. The van der Waals surface area contributed by atoms with Crippen molar-refractivity contribution < 1.29 is 4.79 Å². The Kier molecular flexibility index (Phi) is 6.39. The van der Waals surface area contributed by atoms with Crippen molar-refractivity contribution in [1.29, 1.82) is 0 Å². The van der Waals surface area contributed by atoms with E-state index in [0.29, 0.717) is 37.3 Å². The molecule has 0 saturated carbocycles. The minimum Gasteiger partial charge on any atom is -0.293 e. The minimum absolute atomic E-state index is 0.0939. The van der Waals surface area contributed by atoms with Crippen LogP contribution >= 0.6 is 46.6 Å². The third-order valence-electron chi connectivity index (χ3n) is 4.19. The minimum atomic E-state index is -0.0939. The molecule has 0 fully saturated rings. The van der Waals surface area contributed by atoms with Crippen molar-refractivity contribution in [2.75, 3.05) is 5.75 Å². The number of halogens is 3. The molecular weight excluding hydrogens is 463 g/mol. The van der Waals surface area contributed by atoms with Gasteiger partial charge in [0.25, 0.3) is 0 Å². The third-order valence-corrected chi connectivity index (χ3v) is 6.11. The lowest BCUT2D eigenvalue weighted by molar-refractivity contribution is 0.102. The summed E-state index contributed by atoms with van der Waals surface area (Å²) >= 11 is 19.3. The second-order valence-electron chi connectivity index (χ2n) is 6.17. The zero-order valence-electron chi connectivity index (χ0n) is 15.3. The molecule has 0 bridgehead atoms. The number of nitrogens with zero attached hydrogens (tertiary/aromatic N) is 4. The summed E-state index contributed by atoms with van der Waals surface area (Å²) in [5, 5.41) is 10.5. The van der Waals surface area contributed by atoms with E-state index in [1.165, 1.54) is 11.8 Å². The van der Waals surface area contributed by atoms with Gasteiger partial charge in [0.05, 0.1) is 15.8 Å². The molecular formula is C21H13Cl3N4OS. The number of ketones is 1. The lowest BCUT2D eigenvalue weighted by atomic mass is 10.1. The predicted octanol–water partition coefficient (Wildman–Crippen LogP) is 6.26. The molecule has 0 aliphatic rings. The van der Waals surface area contributed by atoms with E-state index < -0.39 is 0 Å². The van der Waals surface area contributed by atoms with Crippen LogP contribution in [0.3, 0.4) is 0 Å². The van der Waals surface area contributed by atoms with Gasteiger partial charge in [-0.15, -0.1) is 10.2 Å². The summed E-state index contributed by atoms with van der Waals surface area (Å²) in [6, 6.07) is 17.7. The number of carbonyl (C=O) groups is 1. The Balaban J connectivity index is 1.66. The third kappa shape index (κ3) is 4.52. The molecule has 0 radical (unpaired) electrons. The number of hydrogen-bond donors (Lipinski definition) is 0. The van der Waals surface area contributed by atoms with E-state index >= 15 is 0 Å². The van der Waals surface area contributed by atoms with E-state index in [1.54, 1.807) is 36.5 Å². The fourth-order valence-corrected chi connectivity index (χ4v) is 4.00. The van der Waals surface area contributed by atoms with Crippen LogP contribution in [-0.4, -0.2) is 31.3 Å². The number of benzene rings is 2. The van der Waals surface area contributed by atoms with Crippen molar-refractivity contribution in [3.05, 3.63) is 87.5 Å². The first kappa shape index (κ1) is 20.9. The molecule has 0 aliphatic heterocycles. The Morgan fingerprint density at radius 2 is 1.73 bits per heavy atom. The number of Topliss-reactive ketones (excluding diaryl/α,β-unsaturated/α-hetero) is 1. The summed E-state index contributed by atoms with van der Waals surface area (Å²) < 4.78 is 1.85. The topological polar surface area (TPSA) is 60.7 Å². The Morgan fingerprint density at radius 3 is 2.43 bits per heavy atom. The second-order valence-corrected chi connectivity index (χ2v) is 8.37. The van der Waals surface area contributed by atoms with E-state index in [0.717, 1.165) is 5.69 Å². The Hall–Kier alpha value is -2.38. The molecule has 0 saturated heterocycles. The SMILES string of the molecule is O=C(CSc1nnc(-c2ccccn2)n1-c1ccc(Cl)cc1)c1ccc(Cl)c(Cl)c1. The molecule has 2 heterocycles. The van der Waals surface area contributed by atoms with Gasteiger partial charge in [0.1, 0.15) is 5.69 Å². The van der Waals surface area contributed by atoms with Crippen LogP contribution in [0.5, 0.6) is 0 Å². The summed E-state index contributed by atoms with van der Waals surface area (Å²) in [6.07, 6.45) is 1.69. The first-order valence-electron chi connectivity index (χ1n) is 8.77. The van der Waals surface area contributed by atoms with Gasteiger partial charge >= 0.3 is 0 Å². The smallest absolute Gasteiger partial charge is 0.196 e. The van der Waals surface area contributed by atoms with Crippen LogP contribution < -0.4 is 0 Å². The quantitative estimate of drug-likeness (QED) is 0.243. The number of carbonyl (C=O) groups excluding carboxylic acids is 1. The number of pyridine rings is 1. The Morgan fingerprint density at radius 1 is 0.933 bits per heavy atom. The highest BCUT2D eigenvalue weighted by molar-refractivity contribution is 7.99. The largest absolute Gasteiger partial charge is 0.293 e. The first-order valence-corrected chi connectivity index (χ1v) is 10.9. The van der Waals surface area contributed by atoms with Gasteiger partial charge in [-0.2, -0.15) is 0 Å². The lowest BCUT2D eigenvalue weighted by Crippen LogP contribution is -2.05. The first-order chi connectivity index (χ1) is 14.5. The lowest BCUT2D eigenvalue weighted by Gasteiger charge is -2.10. The van der Waals surface area contributed by atoms with Crippen LogP contribution in [0.4, 0.5) is 0 Å². The van der Waals surface area contributed by atoms with Gasteiger partial charge in [-0.3, -0.25) is 14.3 Å². The molecule has 0 aliphatic carbocycles. The maximum absolute atomic E-state index is 12.6. The standard InChI is InChI=1S/C21H13Cl3N4OS/c22-14-5-7-15(8-6-14)28-20(18-3-1-2-10-25-18)26-27-21(28)30-12-19(29)13-4-9-16(23)17(24)11-13/h1-11H,12H2. The van der Waals surface area contributed by atoms with E-state index in [2.05, 4.69) is 15.2 Å². The second kappa shape index (κ2) is 9.18. The van der Waals surface area contributed by atoms with Crippen molar-refractivity contribution in [2.24, 2.45) is 0 Å². The molecule has 9 heteroatoms. The van der Waals surface area contributed by atoms with E-state index in [9.17, 15) is 4.79 Å². The number of hydrogen-bond acceptors (Lipinski definition) is 5. The monoisotopic (exact) mass is 474 g/mol. The molecule has 0 atom stereocenters. The van der Waals surface area contributed by atoms with Gasteiger partial charge in [0.15, 0.2) is 16.8 Å². The molecule has 4 aromatic rings. The Labute approximate surface area is 192 Å². The number of rotatable bonds is 6. The van der Waals surface area contributed by atoms with E-state index in [4.69, 9.17) is 34.8 Å². The van der Waals surface area contributed by atoms with Crippen LogP contribution in [0, 0.1) is 0 Å². The molecule has 2 aromatic carbocycles. The Bertz CT molecular complexity index is 1200. The fraction of sp³-hybridized carbons (Fsp3) is 0.0476. The summed E-state index contributed by atoms with van der Waals surface area (Å²) in [6.45, 7) is 0. The van der Waals surface area contributed by atoms with Crippen LogP contribution in [0.25, 0.3) is 17.2 Å². The van der Waals surface area contributed by atoms with Crippen LogP contribution in [0.1, 0.15) is 10.4 Å². The summed E-state index contributed by atoms with van der Waals surface area (Å²) in [7, 11) is 0. The van der Waals surface area contributed by atoms with E-state index in [-0.39, 0.29) is 11.5 Å². The van der Waals surface area contributed by atoms with Crippen LogP contribution in [-0.2, 0) is 0 Å². The highest BCUT2D eigenvalue weighted by Crippen LogP contribution is 2.29. The maximum Gasteiger partial charge on any atom is 0.196 e. The molecule has 150 valence electrons. The number of aromatic nitrogens is 4. The maximum atomic E-state index is 12.6. The van der Waals surface area contributed by atoms with Gasteiger partial charge in [-0.05, 0) is 54.6 Å². The van der Waals surface area contributed by atoms with Gasteiger partial charge in [-0.25, -0.2) is 0 Å². The van der Waals surface area contributed by atoms with Crippen molar-refractivity contribution >= 4 is 52.3 Å². The van der Waals surface area contributed by atoms with Gasteiger partial charge in [0.2, 0.25) is 0 Å². The van der Waals surface area contributed by atoms with Gasteiger partial charge in [-0.1, -0.05) is 52.6 Å². The normalized spacial score (nSPS) is 10.9. The molecule has 2 aromatic heterocycles. The molecule has 5 nitrogen and oxygen atoms in total. The summed E-state index contributed by atoms with van der Waals surface area (Å²) in [5.41, 5.74) is 1.97. The zero-order valence-corrected chi connectivity index (χ0v) is 18.4. The van der Waals surface area contributed by atoms with Crippen molar-refractivity contribution in [3.8, 4) is 17.2 Å². The van der Waals surface area contributed by atoms with Crippen LogP contribution in [0.15, 0.2) is 72.0 Å². The van der Waals surface area contributed by atoms with Crippen LogP contribution in [0.2, 0.25) is 15.1 Å². The number of thioether (sulfide) groups is 1. The average Bonchev–Trinajstić information content (AvgIpc) is 3.19. The molecule has 0 amide bonds. The zero-order chi connectivity index (χ0) is 21.1. The predicted molar refractivity (Wildman–Crippen MR) is 121 cm³/mol. The van der Waals surface area contributed by atoms with Gasteiger partial charge in [0, 0.05) is 22.5 Å². The highest BCUT2D eigenvalue weighted by atomic mass is 35.5. The summed E-state index contributed by atoms with van der Waals surface area (Å²) in [4.78, 5) is 17.0. The molecule has 0 N–H and O–H groups in total.